The third kappa shape index (κ3) is 4.23. The highest BCUT2D eigenvalue weighted by molar-refractivity contribution is 9.11. The van der Waals surface area contributed by atoms with Crippen molar-refractivity contribution in [3.63, 3.8) is 0 Å². The van der Waals surface area contributed by atoms with Gasteiger partial charge in [0.25, 0.3) is 0 Å². The second kappa shape index (κ2) is 8.23. The number of halogens is 2. The molecule has 3 rings (SSSR count). The van der Waals surface area contributed by atoms with E-state index in [9.17, 15) is 0 Å². The molecule has 0 fully saturated rings. The third-order valence-corrected chi connectivity index (χ3v) is 4.78. The number of ether oxygens (including phenoxy) is 3. The fraction of sp³-hybridized carbons (Fsp3) is 0.333. The molecule has 1 aliphatic rings. The molecule has 0 amide bonds. The minimum Gasteiger partial charge on any atom is -0.491 e. The van der Waals surface area contributed by atoms with Crippen molar-refractivity contribution in [2.75, 3.05) is 13.4 Å². The van der Waals surface area contributed by atoms with Crippen LogP contribution in [-0.2, 0) is 13.1 Å². The number of nitrogens with one attached hydrogen (secondary N) is 1. The third-order valence-electron chi connectivity index (χ3n) is 3.60. The van der Waals surface area contributed by atoms with Gasteiger partial charge >= 0.3 is 0 Å². The van der Waals surface area contributed by atoms with Crippen LogP contribution in [0.4, 0.5) is 0 Å². The highest BCUT2D eigenvalue weighted by atomic mass is 79.9. The van der Waals surface area contributed by atoms with Crippen LogP contribution in [0.5, 0.6) is 17.2 Å². The molecule has 0 saturated carbocycles. The molecule has 0 bridgehead atoms. The summed E-state index contributed by atoms with van der Waals surface area (Å²) < 4.78 is 18.4. The van der Waals surface area contributed by atoms with E-state index in [-0.39, 0.29) is 0 Å². The maximum atomic E-state index is 5.75. The summed E-state index contributed by atoms with van der Waals surface area (Å²) in [6.07, 6.45) is 0.984. The maximum Gasteiger partial charge on any atom is 0.231 e. The van der Waals surface area contributed by atoms with Crippen LogP contribution in [0, 0.1) is 0 Å². The lowest BCUT2D eigenvalue weighted by atomic mass is 10.2. The molecule has 0 spiro atoms. The molecule has 0 atom stereocenters. The first kappa shape index (κ1) is 17.6. The summed E-state index contributed by atoms with van der Waals surface area (Å²) in [5, 5.41) is 3.45. The summed E-state index contributed by atoms with van der Waals surface area (Å²) in [4.78, 5) is 0. The number of hydrogen-bond acceptors (Lipinski definition) is 4. The lowest BCUT2D eigenvalue weighted by Crippen LogP contribution is -2.12. The average Bonchev–Trinajstić information content (AvgIpc) is 3.02. The fourth-order valence-corrected chi connectivity index (χ4v) is 3.97. The van der Waals surface area contributed by atoms with Crippen LogP contribution >= 0.6 is 31.9 Å². The van der Waals surface area contributed by atoms with Crippen LogP contribution in [0.3, 0.4) is 0 Å². The van der Waals surface area contributed by atoms with Crippen LogP contribution in [-0.4, -0.2) is 13.4 Å². The second-order valence-corrected chi connectivity index (χ2v) is 7.24. The summed E-state index contributed by atoms with van der Waals surface area (Å²) in [5.41, 5.74) is 2.35. The van der Waals surface area contributed by atoms with Crippen LogP contribution in [0.25, 0.3) is 0 Å². The fourth-order valence-electron chi connectivity index (χ4n) is 2.46. The minimum absolute atomic E-state index is 0.306. The summed E-state index contributed by atoms with van der Waals surface area (Å²) in [6.45, 7) is 4.63. The minimum atomic E-state index is 0.306. The topological polar surface area (TPSA) is 39.7 Å². The second-order valence-electron chi connectivity index (χ2n) is 5.53. The van der Waals surface area contributed by atoms with Gasteiger partial charge in [-0.15, -0.1) is 0 Å². The highest BCUT2D eigenvalue weighted by Crippen LogP contribution is 2.35. The van der Waals surface area contributed by atoms with E-state index in [4.69, 9.17) is 14.2 Å². The van der Waals surface area contributed by atoms with Crippen LogP contribution in [0.1, 0.15) is 24.5 Å². The average molecular weight is 457 g/mol. The Morgan fingerprint density at radius 2 is 1.71 bits per heavy atom. The molecule has 0 aromatic heterocycles. The predicted molar refractivity (Wildman–Crippen MR) is 101 cm³/mol. The van der Waals surface area contributed by atoms with Gasteiger partial charge in [0.15, 0.2) is 11.5 Å². The standard InChI is InChI=1S/C18H19Br2NO3/c1-2-5-22-18-14(19)6-13(7-15(18)20)10-21-9-12-3-4-16-17(8-12)24-11-23-16/h3-4,6-8,21H,2,5,9-11H2,1H3. The first-order chi connectivity index (χ1) is 11.7. The quantitative estimate of drug-likeness (QED) is 0.634. The molecule has 2 aromatic carbocycles. The van der Waals surface area contributed by atoms with Crippen LogP contribution < -0.4 is 19.5 Å². The van der Waals surface area contributed by atoms with Crippen molar-refractivity contribution in [3.05, 3.63) is 50.4 Å². The number of hydrogen-bond donors (Lipinski definition) is 1. The van der Waals surface area contributed by atoms with E-state index in [1.165, 1.54) is 11.1 Å². The van der Waals surface area contributed by atoms with Crippen molar-refractivity contribution in [3.8, 4) is 17.2 Å². The molecule has 2 aromatic rings. The predicted octanol–water partition coefficient (Wildman–Crippen LogP) is 5.02. The monoisotopic (exact) mass is 455 g/mol. The summed E-state index contributed by atoms with van der Waals surface area (Å²) in [7, 11) is 0. The van der Waals surface area contributed by atoms with Crippen molar-refractivity contribution in [1.82, 2.24) is 5.32 Å². The van der Waals surface area contributed by atoms with Crippen molar-refractivity contribution >= 4 is 31.9 Å². The molecule has 6 heteroatoms. The van der Waals surface area contributed by atoms with Gasteiger partial charge in [0.1, 0.15) is 5.75 Å². The first-order valence-electron chi connectivity index (χ1n) is 7.87. The largest absolute Gasteiger partial charge is 0.491 e. The lowest BCUT2D eigenvalue weighted by Gasteiger charge is -2.12. The van der Waals surface area contributed by atoms with Crippen LogP contribution in [0.2, 0.25) is 0 Å². The molecular weight excluding hydrogens is 438 g/mol. The zero-order valence-electron chi connectivity index (χ0n) is 13.4. The molecule has 0 saturated heterocycles. The van der Waals surface area contributed by atoms with Crippen molar-refractivity contribution in [1.29, 1.82) is 0 Å². The Bertz CT molecular complexity index is 698. The smallest absolute Gasteiger partial charge is 0.231 e. The Labute approximate surface area is 158 Å². The summed E-state index contributed by atoms with van der Waals surface area (Å²) >= 11 is 7.17. The van der Waals surface area contributed by atoms with Gasteiger partial charge in [-0.1, -0.05) is 13.0 Å². The van der Waals surface area contributed by atoms with Gasteiger partial charge in [0.2, 0.25) is 6.79 Å². The van der Waals surface area contributed by atoms with Gasteiger partial charge in [0, 0.05) is 13.1 Å². The van der Waals surface area contributed by atoms with Crippen molar-refractivity contribution in [2.45, 2.75) is 26.4 Å². The van der Waals surface area contributed by atoms with Crippen LogP contribution in [0.15, 0.2) is 39.3 Å². The maximum absolute atomic E-state index is 5.75. The lowest BCUT2D eigenvalue weighted by molar-refractivity contribution is 0.174. The zero-order valence-corrected chi connectivity index (χ0v) is 16.6. The van der Waals surface area contributed by atoms with Gasteiger partial charge in [-0.2, -0.15) is 0 Å². The summed E-state index contributed by atoms with van der Waals surface area (Å²) in [5.74, 6) is 2.49. The molecule has 128 valence electrons. The van der Waals surface area contributed by atoms with Crippen molar-refractivity contribution in [2.24, 2.45) is 0 Å². The Kier molecular flexibility index (Phi) is 6.03. The van der Waals surface area contributed by atoms with E-state index >= 15 is 0 Å². The van der Waals surface area contributed by atoms with Gasteiger partial charge in [-0.25, -0.2) is 0 Å². The van der Waals surface area contributed by atoms with Gasteiger partial charge in [-0.3, -0.25) is 0 Å². The van der Waals surface area contributed by atoms with Gasteiger partial charge in [0.05, 0.1) is 15.6 Å². The molecule has 0 aliphatic carbocycles. The molecule has 1 N–H and O–H groups in total. The number of benzene rings is 2. The number of fused-ring (bicyclic) bond motifs is 1. The van der Waals surface area contributed by atoms with E-state index in [2.05, 4.69) is 56.2 Å². The first-order valence-corrected chi connectivity index (χ1v) is 9.46. The Balaban J connectivity index is 1.58. The Hall–Kier alpha value is -1.24. The Morgan fingerprint density at radius 1 is 1.00 bits per heavy atom. The normalized spacial score (nSPS) is 12.5. The van der Waals surface area contributed by atoms with E-state index in [0.29, 0.717) is 13.4 Å². The summed E-state index contributed by atoms with van der Waals surface area (Å²) in [6, 6.07) is 10.2. The number of rotatable bonds is 7. The van der Waals surface area contributed by atoms with E-state index in [0.717, 1.165) is 45.7 Å². The molecule has 0 unspecified atom stereocenters. The SMILES string of the molecule is CCCOc1c(Br)cc(CNCc2ccc3c(c2)OCO3)cc1Br. The van der Waals surface area contributed by atoms with Gasteiger partial charge in [-0.05, 0) is 73.7 Å². The molecular formula is C18H19Br2NO3. The van der Waals surface area contributed by atoms with E-state index in [1.54, 1.807) is 0 Å². The van der Waals surface area contributed by atoms with Gasteiger partial charge < -0.3 is 19.5 Å². The van der Waals surface area contributed by atoms with E-state index in [1.807, 2.05) is 18.2 Å². The Morgan fingerprint density at radius 3 is 2.46 bits per heavy atom. The molecule has 1 heterocycles. The highest BCUT2D eigenvalue weighted by Gasteiger charge is 2.13. The molecule has 0 radical (unpaired) electrons. The van der Waals surface area contributed by atoms with Crippen molar-refractivity contribution < 1.29 is 14.2 Å². The molecule has 24 heavy (non-hydrogen) atoms. The molecule has 1 aliphatic heterocycles. The zero-order chi connectivity index (χ0) is 16.9. The molecule has 4 nitrogen and oxygen atoms in total. The van der Waals surface area contributed by atoms with E-state index < -0.39 is 0 Å².